The number of thiazole rings is 1. The Morgan fingerprint density at radius 3 is 2.67 bits per heavy atom. The standard InChI is InChI=1S/C13H13NO4S2.Ca.2H/c1-2-17-11(15)7-8-12(16)18-20-13-14-9-5-3-4-6-10(9)19-13;;;/h3-6H,2,7-8H2,1H3;;;. The van der Waals surface area contributed by atoms with E-state index in [0.29, 0.717) is 10.9 Å². The van der Waals surface area contributed by atoms with Gasteiger partial charge < -0.3 is 8.92 Å². The van der Waals surface area contributed by atoms with Gasteiger partial charge in [-0.3, -0.25) is 9.59 Å². The summed E-state index contributed by atoms with van der Waals surface area (Å²) < 4.78 is 11.4. The van der Waals surface area contributed by atoms with Gasteiger partial charge >= 0.3 is 49.7 Å². The molecule has 0 aliphatic carbocycles. The number of rotatable bonds is 6. The fourth-order valence-corrected chi connectivity index (χ4v) is 3.04. The first-order valence-corrected chi connectivity index (χ1v) is 7.63. The van der Waals surface area contributed by atoms with Gasteiger partial charge in [-0.1, -0.05) is 12.1 Å². The molecule has 2 aromatic rings. The zero-order chi connectivity index (χ0) is 14.4. The van der Waals surface area contributed by atoms with Crippen molar-refractivity contribution in [2.75, 3.05) is 6.61 Å². The van der Waals surface area contributed by atoms with Crippen molar-refractivity contribution in [2.45, 2.75) is 24.1 Å². The number of esters is 1. The summed E-state index contributed by atoms with van der Waals surface area (Å²) in [6.45, 7) is 2.04. The average Bonchev–Trinajstić information content (AvgIpc) is 2.86. The molecule has 0 fully saturated rings. The van der Waals surface area contributed by atoms with Gasteiger partial charge in [0.1, 0.15) is 12.0 Å². The number of benzene rings is 1. The van der Waals surface area contributed by atoms with E-state index in [-0.39, 0.29) is 50.6 Å². The van der Waals surface area contributed by atoms with Crippen molar-refractivity contribution in [3.05, 3.63) is 24.3 Å². The molecule has 8 heteroatoms. The predicted octanol–water partition coefficient (Wildman–Crippen LogP) is 2.27. The molecular weight excluding hydrogens is 338 g/mol. The summed E-state index contributed by atoms with van der Waals surface area (Å²) in [5, 5.41) is 0. The fourth-order valence-electron chi connectivity index (χ4n) is 1.45. The van der Waals surface area contributed by atoms with Crippen LogP contribution in [0.1, 0.15) is 19.8 Å². The molecule has 0 unspecified atom stereocenters. The van der Waals surface area contributed by atoms with Crippen molar-refractivity contribution in [3.63, 3.8) is 0 Å². The third-order valence-electron chi connectivity index (χ3n) is 2.32. The van der Waals surface area contributed by atoms with Crippen molar-refractivity contribution < 1.29 is 18.5 Å². The van der Waals surface area contributed by atoms with Gasteiger partial charge in [0.2, 0.25) is 0 Å². The molecule has 0 spiro atoms. The topological polar surface area (TPSA) is 65.5 Å². The summed E-state index contributed by atoms with van der Waals surface area (Å²) in [7, 11) is 0. The van der Waals surface area contributed by atoms with Crippen LogP contribution in [0.4, 0.5) is 0 Å². The number of aromatic nitrogens is 1. The molecule has 5 nitrogen and oxygen atoms in total. The molecule has 2 rings (SSSR count). The van der Waals surface area contributed by atoms with E-state index in [0.717, 1.165) is 22.3 Å². The zero-order valence-corrected chi connectivity index (χ0v) is 12.5. The number of fused-ring (bicyclic) bond motifs is 1. The van der Waals surface area contributed by atoms with E-state index in [9.17, 15) is 9.59 Å². The number of ether oxygens (including phenoxy) is 1. The molecule has 1 aromatic heterocycles. The second-order valence-electron chi connectivity index (χ2n) is 3.79. The number of hydrogen-bond acceptors (Lipinski definition) is 7. The first-order valence-electron chi connectivity index (χ1n) is 6.07. The predicted molar refractivity (Wildman–Crippen MR) is 86.0 cm³/mol. The van der Waals surface area contributed by atoms with Crippen LogP contribution in [0.3, 0.4) is 0 Å². The fraction of sp³-hybridized carbons (Fsp3) is 0.308. The summed E-state index contributed by atoms with van der Waals surface area (Å²) in [5.74, 6) is -0.850. The van der Waals surface area contributed by atoms with Gasteiger partial charge in [0, 0.05) is 0 Å². The van der Waals surface area contributed by atoms with Crippen molar-refractivity contribution in [1.82, 2.24) is 4.98 Å². The van der Waals surface area contributed by atoms with Gasteiger partial charge in [-0.2, -0.15) is 0 Å². The van der Waals surface area contributed by atoms with Crippen LogP contribution in [0.5, 0.6) is 0 Å². The molecule has 1 heterocycles. The Morgan fingerprint density at radius 1 is 1.24 bits per heavy atom. The molecule has 0 atom stereocenters. The maximum absolute atomic E-state index is 11.5. The van der Waals surface area contributed by atoms with Gasteiger partial charge in [0.05, 0.1) is 29.7 Å². The van der Waals surface area contributed by atoms with Crippen LogP contribution in [-0.2, 0) is 18.5 Å². The molecule has 21 heavy (non-hydrogen) atoms. The Morgan fingerprint density at radius 2 is 1.95 bits per heavy atom. The Bertz CT molecular complexity index is 584. The van der Waals surface area contributed by atoms with Gasteiger partial charge in [-0.05, 0) is 19.1 Å². The van der Waals surface area contributed by atoms with Gasteiger partial charge in [-0.15, -0.1) is 11.3 Å². The first kappa shape index (κ1) is 18.7. The molecule has 0 saturated carbocycles. The van der Waals surface area contributed by atoms with Crippen molar-refractivity contribution in [2.24, 2.45) is 0 Å². The normalized spacial score (nSPS) is 9.95. The third-order valence-corrected chi connectivity index (χ3v) is 4.11. The van der Waals surface area contributed by atoms with E-state index in [4.69, 9.17) is 8.92 Å². The number of carbonyl (C=O) groups is 2. The molecule has 1 aromatic carbocycles. The summed E-state index contributed by atoms with van der Waals surface area (Å²) in [6.07, 6.45) is 0.0454. The number of nitrogens with zero attached hydrogens (tertiary/aromatic N) is 1. The van der Waals surface area contributed by atoms with Crippen molar-refractivity contribution in [3.8, 4) is 0 Å². The maximum atomic E-state index is 11.5. The zero-order valence-electron chi connectivity index (χ0n) is 10.8. The van der Waals surface area contributed by atoms with Crippen LogP contribution in [0.2, 0.25) is 0 Å². The number of hydrogen-bond donors (Lipinski definition) is 0. The van der Waals surface area contributed by atoms with Crippen LogP contribution >= 0.6 is 23.4 Å². The Labute approximate surface area is 160 Å². The average molecular weight is 353 g/mol. The van der Waals surface area contributed by atoms with Gasteiger partial charge in [0.25, 0.3) is 0 Å². The second kappa shape index (κ2) is 9.63. The molecule has 0 saturated heterocycles. The Hall–Kier alpha value is -0.340. The van der Waals surface area contributed by atoms with E-state index in [1.165, 1.54) is 11.3 Å². The van der Waals surface area contributed by atoms with Crippen LogP contribution in [0.25, 0.3) is 10.2 Å². The monoisotopic (exact) mass is 353 g/mol. The molecule has 0 amide bonds. The Balaban J connectivity index is 0.00000220. The van der Waals surface area contributed by atoms with E-state index >= 15 is 0 Å². The van der Waals surface area contributed by atoms with Crippen LogP contribution < -0.4 is 0 Å². The molecule has 0 N–H and O–H groups in total. The third kappa shape index (κ3) is 6.12. The van der Waals surface area contributed by atoms with Gasteiger partial charge in [-0.25, -0.2) is 4.98 Å². The minimum absolute atomic E-state index is 0. The van der Waals surface area contributed by atoms with Crippen LogP contribution in [0, 0.1) is 0 Å². The van der Waals surface area contributed by atoms with E-state index in [1.54, 1.807) is 6.92 Å². The molecule has 0 aliphatic heterocycles. The molecule has 0 bridgehead atoms. The first-order chi connectivity index (χ1) is 9.69. The summed E-state index contributed by atoms with van der Waals surface area (Å²) in [6, 6.07) is 7.69. The molecule has 0 radical (unpaired) electrons. The Kier molecular flexibility index (Phi) is 8.58. The van der Waals surface area contributed by atoms with Crippen molar-refractivity contribution >= 4 is 83.3 Å². The van der Waals surface area contributed by atoms with Crippen molar-refractivity contribution in [1.29, 1.82) is 0 Å². The molecule has 0 aliphatic rings. The van der Waals surface area contributed by atoms with Crippen LogP contribution in [0.15, 0.2) is 28.6 Å². The quantitative estimate of drug-likeness (QED) is 0.451. The van der Waals surface area contributed by atoms with Crippen LogP contribution in [-0.4, -0.2) is 61.3 Å². The van der Waals surface area contributed by atoms with E-state index in [2.05, 4.69) is 4.98 Å². The minimum atomic E-state index is -0.456. The summed E-state index contributed by atoms with van der Waals surface area (Å²) in [5.41, 5.74) is 0.877. The summed E-state index contributed by atoms with van der Waals surface area (Å²) in [4.78, 5) is 26.9. The number of carbonyl (C=O) groups excluding carboxylic acids is 2. The molecule has 110 valence electrons. The van der Waals surface area contributed by atoms with Gasteiger partial charge in [0.15, 0.2) is 4.34 Å². The second-order valence-corrected chi connectivity index (χ2v) is 5.80. The molecular formula is C13H15CaNO4S2. The summed E-state index contributed by atoms with van der Waals surface area (Å²) >= 11 is 2.38. The SMILES string of the molecule is CCOC(=O)CCC(=O)OSc1nc2ccccc2s1.[CaH2]. The van der Waals surface area contributed by atoms with E-state index in [1.807, 2.05) is 24.3 Å². The number of para-hydroxylation sites is 1. The van der Waals surface area contributed by atoms with E-state index < -0.39 is 11.9 Å².